The maximum atomic E-state index is 12.8. The van der Waals surface area contributed by atoms with E-state index < -0.39 is 19.9 Å². The largest absolute Gasteiger partial charge is 0.329 e. The molecule has 124 valence electrons. The molecule has 0 radical (unpaired) electrons. The fraction of sp³-hybridized carbons (Fsp3) is 0.571. The van der Waals surface area contributed by atoms with Gasteiger partial charge >= 0.3 is 0 Å². The van der Waals surface area contributed by atoms with E-state index >= 15 is 0 Å². The van der Waals surface area contributed by atoms with Gasteiger partial charge in [0.25, 0.3) is 0 Å². The smallest absolute Gasteiger partial charge is 0.243 e. The SMILES string of the molecule is C[C@@H]1CCCN(S(=O)(=O)c2ccc(S(C)(=O)=O)cc2)[C@@H]1CN. The highest BCUT2D eigenvalue weighted by molar-refractivity contribution is 7.90. The third kappa shape index (κ3) is 3.34. The molecular formula is C14H22N2O4S2. The van der Waals surface area contributed by atoms with Crippen LogP contribution < -0.4 is 5.73 Å². The summed E-state index contributed by atoms with van der Waals surface area (Å²) in [6.45, 7) is 2.73. The van der Waals surface area contributed by atoms with E-state index in [-0.39, 0.29) is 28.3 Å². The van der Waals surface area contributed by atoms with Crippen molar-refractivity contribution in [1.29, 1.82) is 0 Å². The summed E-state index contributed by atoms with van der Waals surface area (Å²) in [7, 11) is -7.00. The van der Waals surface area contributed by atoms with Crippen molar-refractivity contribution in [2.45, 2.75) is 35.6 Å². The number of hydrogen-bond acceptors (Lipinski definition) is 5. The van der Waals surface area contributed by atoms with Crippen LogP contribution in [0.4, 0.5) is 0 Å². The van der Waals surface area contributed by atoms with E-state index in [4.69, 9.17) is 5.73 Å². The van der Waals surface area contributed by atoms with Gasteiger partial charge in [0.15, 0.2) is 9.84 Å². The Bertz CT molecular complexity index is 727. The summed E-state index contributed by atoms with van der Waals surface area (Å²) in [5.74, 6) is 0.212. The normalized spacial score (nSPS) is 24.3. The van der Waals surface area contributed by atoms with Gasteiger partial charge in [-0.2, -0.15) is 4.31 Å². The van der Waals surface area contributed by atoms with E-state index in [1.165, 1.54) is 28.6 Å². The zero-order chi connectivity index (χ0) is 16.5. The number of nitrogens with two attached hydrogens (primary N) is 1. The first-order valence-corrected chi connectivity index (χ1v) is 10.5. The first kappa shape index (κ1) is 17.4. The topological polar surface area (TPSA) is 97.5 Å². The summed E-state index contributed by atoms with van der Waals surface area (Å²) >= 11 is 0. The molecule has 0 aliphatic carbocycles. The van der Waals surface area contributed by atoms with Crippen molar-refractivity contribution in [3.63, 3.8) is 0 Å². The first-order chi connectivity index (χ1) is 10.2. The molecule has 2 N–H and O–H groups in total. The summed E-state index contributed by atoms with van der Waals surface area (Å²) in [5.41, 5.74) is 5.75. The lowest BCUT2D eigenvalue weighted by Gasteiger charge is -2.38. The summed E-state index contributed by atoms with van der Waals surface area (Å²) < 4.78 is 49.9. The molecule has 1 fully saturated rings. The quantitative estimate of drug-likeness (QED) is 0.871. The fourth-order valence-electron chi connectivity index (χ4n) is 2.85. The lowest BCUT2D eigenvalue weighted by molar-refractivity contribution is 0.192. The van der Waals surface area contributed by atoms with Crippen LogP contribution in [0.5, 0.6) is 0 Å². The lowest BCUT2D eigenvalue weighted by Crippen LogP contribution is -2.51. The van der Waals surface area contributed by atoms with Crippen molar-refractivity contribution in [3.05, 3.63) is 24.3 Å². The van der Waals surface area contributed by atoms with E-state index in [0.717, 1.165) is 19.1 Å². The molecule has 1 aliphatic heterocycles. The van der Waals surface area contributed by atoms with Crippen LogP contribution in [0.25, 0.3) is 0 Å². The molecular weight excluding hydrogens is 324 g/mol. The highest BCUT2D eigenvalue weighted by atomic mass is 32.2. The monoisotopic (exact) mass is 346 g/mol. The van der Waals surface area contributed by atoms with Gasteiger partial charge in [0.2, 0.25) is 10.0 Å². The highest BCUT2D eigenvalue weighted by Gasteiger charge is 2.36. The van der Waals surface area contributed by atoms with Crippen molar-refractivity contribution in [2.24, 2.45) is 11.7 Å². The van der Waals surface area contributed by atoms with Crippen LogP contribution >= 0.6 is 0 Å². The summed E-state index contributed by atoms with van der Waals surface area (Å²) in [4.78, 5) is 0.210. The molecule has 0 amide bonds. The van der Waals surface area contributed by atoms with Crippen LogP contribution in [-0.2, 0) is 19.9 Å². The number of sulfonamides is 1. The van der Waals surface area contributed by atoms with E-state index in [1.807, 2.05) is 6.92 Å². The number of sulfone groups is 1. The molecule has 2 rings (SSSR count). The maximum absolute atomic E-state index is 12.8. The van der Waals surface area contributed by atoms with Gasteiger partial charge in [-0.3, -0.25) is 0 Å². The number of nitrogens with zero attached hydrogens (tertiary/aromatic N) is 1. The molecule has 0 bridgehead atoms. The van der Waals surface area contributed by atoms with E-state index in [0.29, 0.717) is 6.54 Å². The molecule has 6 nitrogen and oxygen atoms in total. The van der Waals surface area contributed by atoms with Gasteiger partial charge < -0.3 is 5.73 Å². The Balaban J connectivity index is 2.37. The second kappa shape index (κ2) is 6.27. The van der Waals surface area contributed by atoms with Crippen LogP contribution in [0, 0.1) is 5.92 Å². The molecule has 0 saturated carbocycles. The second-order valence-corrected chi connectivity index (χ2v) is 9.69. The average Bonchev–Trinajstić information content (AvgIpc) is 2.46. The van der Waals surface area contributed by atoms with E-state index in [2.05, 4.69) is 0 Å². The maximum Gasteiger partial charge on any atom is 0.243 e. The van der Waals surface area contributed by atoms with Gasteiger partial charge in [-0.05, 0) is 43.0 Å². The van der Waals surface area contributed by atoms with Crippen LogP contribution in [0.3, 0.4) is 0 Å². The molecule has 1 aromatic carbocycles. The van der Waals surface area contributed by atoms with Crippen molar-refractivity contribution in [3.8, 4) is 0 Å². The third-order valence-electron chi connectivity index (χ3n) is 4.16. The van der Waals surface area contributed by atoms with Crippen molar-refractivity contribution >= 4 is 19.9 Å². The minimum Gasteiger partial charge on any atom is -0.329 e. The Labute approximate surface area is 132 Å². The predicted octanol–water partition coefficient (Wildman–Crippen LogP) is 0.838. The van der Waals surface area contributed by atoms with Crippen LogP contribution in [0.2, 0.25) is 0 Å². The Morgan fingerprint density at radius 2 is 1.68 bits per heavy atom. The van der Waals surface area contributed by atoms with Gasteiger partial charge in [-0.15, -0.1) is 0 Å². The molecule has 8 heteroatoms. The second-order valence-electron chi connectivity index (χ2n) is 5.78. The molecule has 22 heavy (non-hydrogen) atoms. The van der Waals surface area contributed by atoms with E-state index in [1.54, 1.807) is 0 Å². The minimum atomic E-state index is -3.66. The Morgan fingerprint density at radius 3 is 2.18 bits per heavy atom. The number of benzene rings is 1. The Kier molecular flexibility index (Phi) is 4.96. The van der Waals surface area contributed by atoms with Gasteiger partial charge in [0.1, 0.15) is 0 Å². The predicted molar refractivity (Wildman–Crippen MR) is 84.7 cm³/mol. The molecule has 0 aromatic heterocycles. The lowest BCUT2D eigenvalue weighted by atomic mass is 9.93. The van der Waals surface area contributed by atoms with E-state index in [9.17, 15) is 16.8 Å². The summed E-state index contributed by atoms with van der Waals surface area (Å²) in [5, 5.41) is 0. The Hall–Kier alpha value is -0.960. The minimum absolute atomic E-state index is 0.104. The van der Waals surface area contributed by atoms with Crippen molar-refractivity contribution in [2.75, 3.05) is 19.3 Å². The summed E-state index contributed by atoms with van der Waals surface area (Å²) in [6.07, 6.45) is 2.85. The first-order valence-electron chi connectivity index (χ1n) is 7.20. The fourth-order valence-corrected chi connectivity index (χ4v) is 5.25. The zero-order valence-electron chi connectivity index (χ0n) is 12.8. The average molecular weight is 346 g/mol. The molecule has 0 unspecified atom stereocenters. The van der Waals surface area contributed by atoms with Crippen LogP contribution in [-0.4, -0.2) is 46.5 Å². The number of hydrogen-bond donors (Lipinski definition) is 1. The van der Waals surface area contributed by atoms with Crippen molar-refractivity contribution < 1.29 is 16.8 Å². The molecule has 1 aromatic rings. The molecule has 0 spiro atoms. The Morgan fingerprint density at radius 1 is 1.14 bits per heavy atom. The summed E-state index contributed by atoms with van der Waals surface area (Å²) in [6, 6.07) is 5.13. The standard InChI is InChI=1S/C14H22N2O4S2/c1-11-4-3-9-16(14(11)10-15)22(19,20)13-7-5-12(6-8-13)21(2,17)18/h5-8,11,14H,3-4,9-10,15H2,1-2H3/t11-,14-/m1/s1. The molecule has 1 saturated heterocycles. The van der Waals surface area contributed by atoms with Gasteiger partial charge in [-0.1, -0.05) is 6.92 Å². The number of piperidine rings is 1. The van der Waals surface area contributed by atoms with Crippen LogP contribution in [0.1, 0.15) is 19.8 Å². The molecule has 2 atom stereocenters. The number of rotatable bonds is 4. The van der Waals surface area contributed by atoms with Gasteiger partial charge in [0.05, 0.1) is 9.79 Å². The highest BCUT2D eigenvalue weighted by Crippen LogP contribution is 2.29. The molecule has 1 heterocycles. The van der Waals surface area contributed by atoms with Crippen molar-refractivity contribution in [1.82, 2.24) is 4.31 Å². The molecule has 1 aliphatic rings. The van der Waals surface area contributed by atoms with Crippen LogP contribution in [0.15, 0.2) is 34.1 Å². The third-order valence-corrected chi connectivity index (χ3v) is 7.23. The van der Waals surface area contributed by atoms with Gasteiger partial charge in [0, 0.05) is 25.4 Å². The zero-order valence-corrected chi connectivity index (χ0v) is 14.4. The van der Waals surface area contributed by atoms with Gasteiger partial charge in [-0.25, -0.2) is 16.8 Å².